The summed E-state index contributed by atoms with van der Waals surface area (Å²) in [6.07, 6.45) is 8.37. The van der Waals surface area contributed by atoms with Crippen molar-refractivity contribution in [3.05, 3.63) is 65.1 Å². The summed E-state index contributed by atoms with van der Waals surface area (Å²) < 4.78 is 5.33. The van der Waals surface area contributed by atoms with E-state index in [1.807, 2.05) is 36.4 Å². The number of carbonyl (C=O) groups excluding carboxylic acids is 1. The molecule has 2 N–H and O–H groups in total. The van der Waals surface area contributed by atoms with Crippen molar-refractivity contribution in [3.63, 3.8) is 0 Å². The zero-order valence-corrected chi connectivity index (χ0v) is 19.2. The number of para-hydroxylation sites is 2. The number of H-pyrrole nitrogens is 1. The molecule has 5 aromatic rings. The van der Waals surface area contributed by atoms with Gasteiger partial charge in [-0.3, -0.25) is 9.78 Å². The van der Waals surface area contributed by atoms with Crippen LogP contribution in [0.15, 0.2) is 53.3 Å². The van der Waals surface area contributed by atoms with Gasteiger partial charge in [-0.2, -0.15) is 4.98 Å². The fourth-order valence-electron chi connectivity index (χ4n) is 4.35. The van der Waals surface area contributed by atoms with Crippen molar-refractivity contribution >= 4 is 33.3 Å². The minimum absolute atomic E-state index is 0.0860. The van der Waals surface area contributed by atoms with Gasteiger partial charge in [0, 0.05) is 35.7 Å². The summed E-state index contributed by atoms with van der Waals surface area (Å²) in [6, 6.07) is 11.7. The molecule has 4 heterocycles. The van der Waals surface area contributed by atoms with Gasteiger partial charge in [-0.1, -0.05) is 17.3 Å². The second-order valence-electron chi connectivity index (χ2n) is 8.32. The van der Waals surface area contributed by atoms with E-state index >= 15 is 0 Å². The first-order valence-electron chi connectivity index (χ1n) is 11.4. The highest BCUT2D eigenvalue weighted by atomic mass is 32.1. The van der Waals surface area contributed by atoms with Gasteiger partial charge in [-0.05, 0) is 55.5 Å². The second kappa shape index (κ2) is 8.83. The number of carbonyl (C=O) groups is 1. The van der Waals surface area contributed by atoms with Crippen LogP contribution in [0.1, 0.15) is 35.6 Å². The molecule has 1 aliphatic rings. The zero-order valence-electron chi connectivity index (χ0n) is 18.4. The molecule has 4 aromatic heterocycles. The van der Waals surface area contributed by atoms with E-state index in [0.717, 1.165) is 52.2 Å². The Bertz CT molecular complexity index is 1440. The second-order valence-corrected chi connectivity index (χ2v) is 9.42. The lowest BCUT2D eigenvalue weighted by atomic mass is 9.95. The maximum atomic E-state index is 12.9. The number of hydrogen-bond donors (Lipinski definition) is 2. The molecule has 0 saturated carbocycles. The van der Waals surface area contributed by atoms with Crippen molar-refractivity contribution in [1.29, 1.82) is 0 Å². The van der Waals surface area contributed by atoms with Crippen LogP contribution in [0.3, 0.4) is 0 Å². The molecule has 8 nitrogen and oxygen atoms in total. The third-order valence-corrected chi connectivity index (χ3v) is 7.21. The Labute approximate surface area is 199 Å². The van der Waals surface area contributed by atoms with Crippen molar-refractivity contribution in [2.24, 2.45) is 0 Å². The van der Waals surface area contributed by atoms with E-state index in [1.165, 1.54) is 16.9 Å². The number of aromatic nitrogens is 5. The first kappa shape index (κ1) is 20.7. The minimum Gasteiger partial charge on any atom is -0.339 e. The molecule has 0 saturated heterocycles. The summed E-state index contributed by atoms with van der Waals surface area (Å²) in [5, 5.41) is 8.00. The van der Waals surface area contributed by atoms with Crippen LogP contribution in [0.4, 0.5) is 5.00 Å². The average molecular weight is 471 g/mol. The lowest BCUT2D eigenvalue weighted by molar-refractivity contribution is -0.116. The molecule has 1 amide bonds. The number of thiophene rings is 1. The summed E-state index contributed by atoms with van der Waals surface area (Å²) in [6.45, 7) is 0. The predicted molar refractivity (Wildman–Crippen MR) is 131 cm³/mol. The summed E-state index contributed by atoms with van der Waals surface area (Å²) in [7, 11) is 0. The van der Waals surface area contributed by atoms with Gasteiger partial charge in [0.1, 0.15) is 10.8 Å². The molecule has 0 atom stereocenters. The molecule has 1 aromatic carbocycles. The Morgan fingerprint density at radius 2 is 2.03 bits per heavy atom. The van der Waals surface area contributed by atoms with E-state index in [1.54, 1.807) is 23.7 Å². The van der Waals surface area contributed by atoms with Crippen LogP contribution in [-0.4, -0.2) is 31.0 Å². The highest BCUT2D eigenvalue weighted by molar-refractivity contribution is 7.17. The highest BCUT2D eigenvalue weighted by Crippen LogP contribution is 2.43. The molecule has 0 aliphatic heterocycles. The number of nitrogens with one attached hydrogen (secondary N) is 2. The Balaban J connectivity index is 1.22. The Hall–Kier alpha value is -3.85. The molecule has 0 radical (unpaired) electrons. The molecule has 0 unspecified atom stereocenters. The molecule has 170 valence electrons. The van der Waals surface area contributed by atoms with Crippen LogP contribution >= 0.6 is 11.3 Å². The van der Waals surface area contributed by atoms with E-state index in [4.69, 9.17) is 9.51 Å². The maximum Gasteiger partial charge on any atom is 0.227 e. The van der Waals surface area contributed by atoms with Gasteiger partial charge in [0.15, 0.2) is 0 Å². The maximum absolute atomic E-state index is 12.9. The minimum atomic E-state index is -0.0860. The number of aryl methyl sites for hydroxylation is 2. The Morgan fingerprint density at radius 3 is 2.91 bits per heavy atom. The summed E-state index contributed by atoms with van der Waals surface area (Å²) in [5.74, 6) is 1.63. The van der Waals surface area contributed by atoms with Gasteiger partial charge in [0.25, 0.3) is 0 Å². The Kier molecular flexibility index (Phi) is 5.38. The smallest absolute Gasteiger partial charge is 0.227 e. The molecule has 1 aliphatic carbocycles. The van der Waals surface area contributed by atoms with E-state index in [2.05, 4.69) is 25.4 Å². The molecule has 0 spiro atoms. The van der Waals surface area contributed by atoms with Crippen LogP contribution < -0.4 is 5.32 Å². The van der Waals surface area contributed by atoms with Crippen molar-refractivity contribution in [3.8, 4) is 22.8 Å². The first-order chi connectivity index (χ1) is 16.7. The van der Waals surface area contributed by atoms with Crippen LogP contribution in [0.5, 0.6) is 0 Å². The standard InChI is InChI=1S/C25H22N6O2S/c32-20(11-12-21-30-23(31-33-21)15-6-5-13-26-14-15)29-25-22(16-7-1-4-10-19(16)34-25)24-27-17-8-2-3-9-18(17)28-24/h2-3,5-6,8-9,13-14H,1,4,7,10-12H2,(H,27,28)(H,29,32). The SMILES string of the molecule is O=C(CCc1nc(-c2cccnc2)no1)Nc1sc2c(c1-c1nc3ccccc3[nH]1)CCCC2. The quantitative estimate of drug-likeness (QED) is 0.354. The lowest BCUT2D eigenvalue weighted by Gasteiger charge is -2.12. The third kappa shape index (κ3) is 3.99. The lowest BCUT2D eigenvalue weighted by Crippen LogP contribution is -2.12. The number of fused-ring (bicyclic) bond motifs is 2. The number of nitrogens with zero attached hydrogens (tertiary/aromatic N) is 4. The molecule has 0 fully saturated rings. The van der Waals surface area contributed by atoms with Crippen molar-refractivity contribution in [1.82, 2.24) is 25.1 Å². The third-order valence-electron chi connectivity index (χ3n) is 6.00. The van der Waals surface area contributed by atoms with Gasteiger partial charge in [-0.15, -0.1) is 11.3 Å². The fourth-order valence-corrected chi connectivity index (χ4v) is 5.66. The van der Waals surface area contributed by atoms with Crippen molar-refractivity contribution < 1.29 is 9.32 Å². The first-order valence-corrected chi connectivity index (χ1v) is 12.2. The summed E-state index contributed by atoms with van der Waals surface area (Å²) >= 11 is 1.67. The summed E-state index contributed by atoms with van der Waals surface area (Å²) in [4.78, 5) is 31.0. The number of benzene rings is 1. The van der Waals surface area contributed by atoms with Gasteiger partial charge in [-0.25, -0.2) is 4.98 Å². The van der Waals surface area contributed by atoms with Crippen molar-refractivity contribution in [2.45, 2.75) is 38.5 Å². The Morgan fingerprint density at radius 1 is 1.12 bits per heavy atom. The molecular formula is C25H22N6O2S. The number of aromatic amines is 1. The number of anilines is 1. The molecule has 34 heavy (non-hydrogen) atoms. The van der Waals surface area contributed by atoms with Crippen LogP contribution in [0.2, 0.25) is 0 Å². The number of pyridine rings is 1. The van der Waals surface area contributed by atoms with Gasteiger partial charge < -0.3 is 14.8 Å². The normalized spacial score (nSPS) is 13.2. The van der Waals surface area contributed by atoms with E-state index in [-0.39, 0.29) is 12.3 Å². The van der Waals surface area contributed by atoms with Crippen LogP contribution in [-0.2, 0) is 24.1 Å². The number of hydrogen-bond acceptors (Lipinski definition) is 7. The topological polar surface area (TPSA) is 110 Å². The highest BCUT2D eigenvalue weighted by Gasteiger charge is 2.25. The van der Waals surface area contributed by atoms with Crippen molar-refractivity contribution in [2.75, 3.05) is 5.32 Å². The number of amides is 1. The molecule has 0 bridgehead atoms. The molecule has 6 rings (SSSR count). The number of imidazole rings is 1. The number of rotatable bonds is 6. The van der Waals surface area contributed by atoms with Gasteiger partial charge in [0.2, 0.25) is 17.6 Å². The average Bonchev–Trinajstić information content (AvgIpc) is 3.59. The van der Waals surface area contributed by atoms with Crippen LogP contribution in [0.25, 0.3) is 33.8 Å². The van der Waals surface area contributed by atoms with E-state index in [9.17, 15) is 4.79 Å². The summed E-state index contributed by atoms with van der Waals surface area (Å²) in [5.41, 5.74) is 5.03. The van der Waals surface area contributed by atoms with Gasteiger partial charge >= 0.3 is 0 Å². The fraction of sp³-hybridized carbons (Fsp3) is 0.240. The predicted octanol–water partition coefficient (Wildman–Crippen LogP) is 5.19. The van der Waals surface area contributed by atoms with Crippen LogP contribution in [0, 0.1) is 0 Å². The van der Waals surface area contributed by atoms with E-state index in [0.29, 0.717) is 18.1 Å². The molecule has 9 heteroatoms. The molecular weight excluding hydrogens is 448 g/mol. The zero-order chi connectivity index (χ0) is 22.9. The monoisotopic (exact) mass is 470 g/mol. The largest absolute Gasteiger partial charge is 0.339 e. The van der Waals surface area contributed by atoms with E-state index < -0.39 is 0 Å². The van der Waals surface area contributed by atoms with Gasteiger partial charge in [0.05, 0.1) is 16.6 Å².